The Bertz CT molecular complexity index is 444. The Hall–Kier alpha value is -1.36. The van der Waals surface area contributed by atoms with Crippen LogP contribution >= 0.6 is 15.9 Å². The van der Waals surface area contributed by atoms with Crippen LogP contribution in [0.1, 0.15) is 25.8 Å². The highest BCUT2D eigenvalue weighted by Gasteiger charge is 2.15. The van der Waals surface area contributed by atoms with E-state index in [-0.39, 0.29) is 11.8 Å². The van der Waals surface area contributed by atoms with Crippen LogP contribution in [0.5, 0.6) is 0 Å². The average Bonchev–Trinajstić information content (AvgIpc) is 2.31. The lowest BCUT2D eigenvalue weighted by molar-refractivity contribution is -0.139. The van der Waals surface area contributed by atoms with Gasteiger partial charge in [0.25, 0.3) is 0 Å². The molecule has 1 aromatic carbocycles. The fourth-order valence-corrected chi connectivity index (χ4v) is 1.91. The number of esters is 1. The highest BCUT2D eigenvalue weighted by atomic mass is 79.9. The van der Waals surface area contributed by atoms with Crippen molar-refractivity contribution in [1.29, 1.82) is 0 Å². The SMILES string of the molecule is CC(C)OC(=O)C(CCc1ccccc1Br)=NO. The van der Waals surface area contributed by atoms with E-state index in [1.807, 2.05) is 24.3 Å². The van der Waals surface area contributed by atoms with Crippen LogP contribution in [0.4, 0.5) is 0 Å². The van der Waals surface area contributed by atoms with Crippen molar-refractivity contribution < 1.29 is 14.7 Å². The van der Waals surface area contributed by atoms with Crippen molar-refractivity contribution in [3.63, 3.8) is 0 Å². The highest BCUT2D eigenvalue weighted by Crippen LogP contribution is 2.17. The summed E-state index contributed by atoms with van der Waals surface area (Å²) >= 11 is 3.43. The minimum absolute atomic E-state index is 0.0412. The minimum Gasteiger partial charge on any atom is -0.458 e. The van der Waals surface area contributed by atoms with Gasteiger partial charge in [-0.15, -0.1) is 0 Å². The summed E-state index contributed by atoms with van der Waals surface area (Å²) < 4.78 is 5.95. The van der Waals surface area contributed by atoms with E-state index in [0.29, 0.717) is 12.8 Å². The van der Waals surface area contributed by atoms with Gasteiger partial charge in [-0.1, -0.05) is 39.3 Å². The molecule has 1 rings (SSSR count). The number of nitrogens with zero attached hydrogens (tertiary/aromatic N) is 1. The zero-order chi connectivity index (χ0) is 13.5. The fourth-order valence-electron chi connectivity index (χ4n) is 1.43. The quantitative estimate of drug-likeness (QED) is 0.393. The van der Waals surface area contributed by atoms with E-state index in [9.17, 15) is 4.79 Å². The molecule has 0 amide bonds. The van der Waals surface area contributed by atoms with Crippen molar-refractivity contribution in [2.45, 2.75) is 32.8 Å². The molecular formula is C13H16BrNO3. The first kappa shape index (κ1) is 14.7. The number of benzene rings is 1. The number of carbonyl (C=O) groups is 1. The third-order valence-corrected chi connectivity index (χ3v) is 3.06. The van der Waals surface area contributed by atoms with E-state index < -0.39 is 5.97 Å². The van der Waals surface area contributed by atoms with E-state index in [2.05, 4.69) is 21.1 Å². The maximum absolute atomic E-state index is 11.6. The lowest BCUT2D eigenvalue weighted by Gasteiger charge is -2.09. The number of aryl methyl sites for hydroxylation is 1. The van der Waals surface area contributed by atoms with Gasteiger partial charge in [-0.25, -0.2) is 4.79 Å². The van der Waals surface area contributed by atoms with Crippen molar-refractivity contribution in [1.82, 2.24) is 0 Å². The summed E-state index contributed by atoms with van der Waals surface area (Å²) in [6, 6.07) is 7.72. The van der Waals surface area contributed by atoms with Crippen molar-refractivity contribution in [2.24, 2.45) is 5.16 Å². The van der Waals surface area contributed by atoms with Crippen LogP contribution in [0.2, 0.25) is 0 Å². The average molecular weight is 314 g/mol. The van der Waals surface area contributed by atoms with E-state index in [4.69, 9.17) is 9.94 Å². The van der Waals surface area contributed by atoms with Gasteiger partial charge in [0.1, 0.15) is 0 Å². The molecule has 0 aliphatic heterocycles. The summed E-state index contributed by atoms with van der Waals surface area (Å²) in [7, 11) is 0. The third-order valence-electron chi connectivity index (χ3n) is 2.29. The maximum atomic E-state index is 11.6. The standard InChI is InChI=1S/C13H16BrNO3/c1-9(2)18-13(16)12(15-17)8-7-10-5-3-4-6-11(10)14/h3-6,9,17H,7-8H2,1-2H3. The van der Waals surface area contributed by atoms with Crippen molar-refractivity contribution in [3.05, 3.63) is 34.3 Å². The van der Waals surface area contributed by atoms with Crippen LogP contribution in [0.3, 0.4) is 0 Å². The number of oxime groups is 1. The van der Waals surface area contributed by atoms with Gasteiger partial charge >= 0.3 is 5.97 Å². The number of hydrogen-bond acceptors (Lipinski definition) is 4. The lowest BCUT2D eigenvalue weighted by atomic mass is 10.1. The number of carbonyl (C=O) groups excluding carboxylic acids is 1. The normalized spacial score (nSPS) is 11.7. The second-order valence-corrected chi connectivity index (χ2v) is 4.95. The molecule has 98 valence electrons. The summed E-state index contributed by atoms with van der Waals surface area (Å²) in [6.07, 6.45) is 0.719. The number of hydrogen-bond donors (Lipinski definition) is 1. The molecule has 5 heteroatoms. The van der Waals surface area contributed by atoms with Crippen LogP contribution in [-0.4, -0.2) is 23.0 Å². The molecule has 1 N–H and O–H groups in total. The molecule has 1 aromatic rings. The smallest absolute Gasteiger partial charge is 0.356 e. The minimum atomic E-state index is -0.570. The van der Waals surface area contributed by atoms with E-state index in [0.717, 1.165) is 10.0 Å². The van der Waals surface area contributed by atoms with Gasteiger partial charge in [0, 0.05) is 10.9 Å². The molecule has 0 saturated carbocycles. The van der Waals surface area contributed by atoms with Crippen LogP contribution in [-0.2, 0) is 16.0 Å². The summed E-state index contributed by atoms with van der Waals surface area (Å²) in [4.78, 5) is 11.6. The monoisotopic (exact) mass is 313 g/mol. The molecule has 4 nitrogen and oxygen atoms in total. The predicted molar refractivity (Wildman–Crippen MR) is 72.9 cm³/mol. The van der Waals surface area contributed by atoms with Gasteiger partial charge in [0.05, 0.1) is 6.10 Å². The first-order valence-electron chi connectivity index (χ1n) is 5.70. The molecule has 0 atom stereocenters. The first-order chi connectivity index (χ1) is 8.54. The molecule has 0 fully saturated rings. The highest BCUT2D eigenvalue weighted by molar-refractivity contribution is 9.10. The van der Waals surface area contributed by atoms with Crippen molar-refractivity contribution >= 4 is 27.6 Å². The van der Waals surface area contributed by atoms with Crippen molar-refractivity contribution in [3.8, 4) is 0 Å². The molecule has 0 saturated heterocycles. The Balaban J connectivity index is 2.61. The molecular weight excluding hydrogens is 298 g/mol. The topological polar surface area (TPSA) is 58.9 Å². The molecule has 0 spiro atoms. The molecule has 0 heterocycles. The second kappa shape index (κ2) is 7.16. The van der Waals surface area contributed by atoms with Crippen LogP contribution in [0.15, 0.2) is 33.9 Å². The fraction of sp³-hybridized carbons (Fsp3) is 0.385. The zero-order valence-corrected chi connectivity index (χ0v) is 12.0. The van der Waals surface area contributed by atoms with Gasteiger partial charge in [-0.3, -0.25) is 0 Å². The Labute approximate surface area is 115 Å². The van der Waals surface area contributed by atoms with Gasteiger partial charge in [-0.05, 0) is 31.9 Å². The molecule has 0 unspecified atom stereocenters. The van der Waals surface area contributed by atoms with E-state index in [1.165, 1.54) is 0 Å². The lowest BCUT2D eigenvalue weighted by Crippen LogP contribution is -2.21. The van der Waals surface area contributed by atoms with Gasteiger partial charge in [-0.2, -0.15) is 0 Å². The first-order valence-corrected chi connectivity index (χ1v) is 6.49. The number of ether oxygens (including phenoxy) is 1. The molecule has 0 aromatic heterocycles. The summed E-state index contributed by atoms with van der Waals surface area (Å²) in [6.45, 7) is 3.50. The van der Waals surface area contributed by atoms with E-state index in [1.54, 1.807) is 13.8 Å². The van der Waals surface area contributed by atoms with Crippen LogP contribution in [0, 0.1) is 0 Å². The van der Waals surface area contributed by atoms with Crippen LogP contribution in [0.25, 0.3) is 0 Å². The molecule has 18 heavy (non-hydrogen) atoms. The van der Waals surface area contributed by atoms with Gasteiger partial charge in [0.15, 0.2) is 5.71 Å². The molecule has 0 bridgehead atoms. The largest absolute Gasteiger partial charge is 0.458 e. The second-order valence-electron chi connectivity index (χ2n) is 4.09. The number of halogens is 1. The van der Waals surface area contributed by atoms with Crippen LogP contribution < -0.4 is 0 Å². The zero-order valence-electron chi connectivity index (χ0n) is 10.4. The third kappa shape index (κ3) is 4.49. The van der Waals surface area contributed by atoms with E-state index >= 15 is 0 Å². The van der Waals surface area contributed by atoms with Crippen molar-refractivity contribution in [2.75, 3.05) is 0 Å². The Kier molecular flexibility index (Phi) is 5.85. The summed E-state index contributed by atoms with van der Waals surface area (Å²) in [5, 5.41) is 11.8. The molecule has 0 aliphatic rings. The predicted octanol–water partition coefficient (Wildman–Crippen LogP) is 3.16. The number of rotatable bonds is 5. The Morgan fingerprint density at radius 3 is 2.67 bits per heavy atom. The maximum Gasteiger partial charge on any atom is 0.356 e. The summed E-state index contributed by atoms with van der Waals surface area (Å²) in [5.41, 5.74) is 1.09. The Morgan fingerprint density at radius 1 is 1.44 bits per heavy atom. The molecule has 0 aliphatic carbocycles. The summed E-state index contributed by atoms with van der Waals surface area (Å²) in [5.74, 6) is -0.570. The Morgan fingerprint density at radius 2 is 2.11 bits per heavy atom. The van der Waals surface area contributed by atoms with Gasteiger partial charge in [0.2, 0.25) is 0 Å². The van der Waals surface area contributed by atoms with Gasteiger partial charge < -0.3 is 9.94 Å². The molecule has 0 radical (unpaired) electrons.